The Kier molecular flexibility index (Phi) is 3.73. The minimum absolute atomic E-state index is 0.322. The van der Waals surface area contributed by atoms with Crippen LogP contribution in [-0.4, -0.2) is 0 Å². The van der Waals surface area contributed by atoms with Crippen molar-refractivity contribution >= 4 is 27.1 Å². The largest absolute Gasteiger partial charge is 0.377 e. The van der Waals surface area contributed by atoms with E-state index >= 15 is 0 Å². The molecule has 108 valence electrons. The van der Waals surface area contributed by atoms with Gasteiger partial charge in [0.2, 0.25) is 0 Å². The normalized spacial score (nSPS) is 12.6. The summed E-state index contributed by atoms with van der Waals surface area (Å²) >= 11 is 1.88. The summed E-state index contributed by atoms with van der Waals surface area (Å²) in [6, 6.07) is 15.7. The Bertz CT molecular complexity index is 729. The molecule has 0 aliphatic carbocycles. The molecule has 1 atom stereocenters. The summed E-state index contributed by atoms with van der Waals surface area (Å²) in [5.41, 5.74) is 5.23. The van der Waals surface area contributed by atoms with Crippen molar-refractivity contribution in [2.75, 3.05) is 5.32 Å². The van der Waals surface area contributed by atoms with Gasteiger partial charge in [0.05, 0.1) is 6.04 Å². The summed E-state index contributed by atoms with van der Waals surface area (Å²) in [6.07, 6.45) is 0. The molecular weight excluding hydrogens is 274 g/mol. The van der Waals surface area contributed by atoms with E-state index in [0.29, 0.717) is 6.04 Å². The Labute approximate surface area is 130 Å². The van der Waals surface area contributed by atoms with Crippen molar-refractivity contribution in [2.24, 2.45) is 0 Å². The maximum Gasteiger partial charge on any atom is 0.0579 e. The fraction of sp³-hybridized carbons (Fsp3) is 0.263. The molecule has 1 unspecified atom stereocenters. The number of hydrogen-bond donors (Lipinski definition) is 1. The molecule has 1 aromatic heterocycles. The summed E-state index contributed by atoms with van der Waals surface area (Å²) < 4.78 is 1.36. The predicted octanol–water partition coefficient (Wildman–Crippen LogP) is 6.00. The maximum absolute atomic E-state index is 3.69. The standard InChI is InChI=1S/C19H21NS/c1-12-9-13(2)19(14(3)10-12)20-15(4)18-11-16-7-5-6-8-17(16)21-18/h5-11,15,20H,1-4H3. The summed E-state index contributed by atoms with van der Waals surface area (Å²) in [6.45, 7) is 8.75. The molecule has 0 fully saturated rings. The van der Waals surface area contributed by atoms with Gasteiger partial charge in [-0.15, -0.1) is 11.3 Å². The first-order valence-electron chi connectivity index (χ1n) is 7.37. The molecule has 1 N–H and O–H groups in total. The molecule has 0 saturated carbocycles. The zero-order valence-electron chi connectivity index (χ0n) is 13.0. The van der Waals surface area contributed by atoms with E-state index in [1.807, 2.05) is 11.3 Å². The Morgan fingerprint density at radius 3 is 2.29 bits per heavy atom. The molecule has 21 heavy (non-hydrogen) atoms. The van der Waals surface area contributed by atoms with Gasteiger partial charge in [-0.25, -0.2) is 0 Å². The van der Waals surface area contributed by atoms with Crippen molar-refractivity contribution in [3.05, 3.63) is 64.0 Å². The van der Waals surface area contributed by atoms with Crippen LogP contribution >= 0.6 is 11.3 Å². The van der Waals surface area contributed by atoms with E-state index in [9.17, 15) is 0 Å². The first kappa shape index (κ1) is 14.2. The Morgan fingerprint density at radius 2 is 1.62 bits per heavy atom. The van der Waals surface area contributed by atoms with E-state index in [4.69, 9.17) is 0 Å². The quantitative estimate of drug-likeness (QED) is 0.625. The molecule has 3 aromatic rings. The van der Waals surface area contributed by atoms with Crippen molar-refractivity contribution in [3.8, 4) is 0 Å². The SMILES string of the molecule is Cc1cc(C)c(NC(C)c2cc3ccccc3s2)c(C)c1. The first-order chi connectivity index (χ1) is 10.0. The second kappa shape index (κ2) is 5.53. The van der Waals surface area contributed by atoms with Crippen LogP contribution in [0.1, 0.15) is 34.5 Å². The molecule has 0 radical (unpaired) electrons. The highest BCUT2D eigenvalue weighted by molar-refractivity contribution is 7.19. The molecule has 3 rings (SSSR count). The predicted molar refractivity (Wildman–Crippen MR) is 94.5 cm³/mol. The molecular formula is C19H21NS. The first-order valence-corrected chi connectivity index (χ1v) is 8.19. The average molecular weight is 295 g/mol. The van der Waals surface area contributed by atoms with Crippen molar-refractivity contribution in [3.63, 3.8) is 0 Å². The summed E-state index contributed by atoms with van der Waals surface area (Å²) in [5, 5.41) is 5.03. The monoisotopic (exact) mass is 295 g/mol. The van der Waals surface area contributed by atoms with E-state index in [0.717, 1.165) is 0 Å². The molecule has 0 bridgehead atoms. The topological polar surface area (TPSA) is 12.0 Å². The smallest absolute Gasteiger partial charge is 0.0579 e. The lowest BCUT2D eigenvalue weighted by Crippen LogP contribution is -2.07. The average Bonchev–Trinajstić information content (AvgIpc) is 2.86. The van der Waals surface area contributed by atoms with Gasteiger partial charge in [0.1, 0.15) is 0 Å². The summed E-state index contributed by atoms with van der Waals surface area (Å²) in [5.74, 6) is 0. The summed E-state index contributed by atoms with van der Waals surface area (Å²) in [4.78, 5) is 1.38. The van der Waals surface area contributed by atoms with Gasteiger partial charge >= 0.3 is 0 Å². The number of benzene rings is 2. The number of hydrogen-bond acceptors (Lipinski definition) is 2. The molecule has 0 amide bonds. The number of thiophene rings is 1. The van der Waals surface area contributed by atoms with Gasteiger partial charge in [-0.1, -0.05) is 35.9 Å². The van der Waals surface area contributed by atoms with Gasteiger partial charge in [-0.3, -0.25) is 0 Å². The molecule has 2 aromatic carbocycles. The third kappa shape index (κ3) is 2.81. The van der Waals surface area contributed by atoms with E-state index in [2.05, 4.69) is 75.5 Å². The lowest BCUT2D eigenvalue weighted by atomic mass is 10.0. The van der Waals surface area contributed by atoms with Crippen LogP contribution in [-0.2, 0) is 0 Å². The van der Waals surface area contributed by atoms with Crippen LogP contribution in [0.3, 0.4) is 0 Å². The van der Waals surface area contributed by atoms with E-state index in [-0.39, 0.29) is 0 Å². The van der Waals surface area contributed by atoms with Gasteiger partial charge in [-0.05, 0) is 56.3 Å². The van der Waals surface area contributed by atoms with Crippen LogP contribution in [0.5, 0.6) is 0 Å². The molecule has 2 heteroatoms. The number of anilines is 1. The fourth-order valence-electron chi connectivity index (χ4n) is 2.91. The number of fused-ring (bicyclic) bond motifs is 1. The molecule has 1 nitrogen and oxygen atoms in total. The second-order valence-corrected chi connectivity index (χ2v) is 6.94. The Hall–Kier alpha value is -1.80. The number of aryl methyl sites for hydroxylation is 3. The Balaban J connectivity index is 1.91. The van der Waals surface area contributed by atoms with Crippen molar-refractivity contribution < 1.29 is 0 Å². The minimum Gasteiger partial charge on any atom is -0.377 e. The van der Waals surface area contributed by atoms with E-state index < -0.39 is 0 Å². The third-order valence-electron chi connectivity index (χ3n) is 3.91. The van der Waals surface area contributed by atoms with Crippen LogP contribution in [0.4, 0.5) is 5.69 Å². The van der Waals surface area contributed by atoms with Crippen molar-refractivity contribution in [2.45, 2.75) is 33.7 Å². The minimum atomic E-state index is 0.322. The van der Waals surface area contributed by atoms with Gasteiger partial charge in [-0.2, -0.15) is 0 Å². The van der Waals surface area contributed by atoms with Crippen LogP contribution in [0.2, 0.25) is 0 Å². The van der Waals surface area contributed by atoms with Crippen LogP contribution in [0, 0.1) is 20.8 Å². The summed E-state index contributed by atoms with van der Waals surface area (Å²) in [7, 11) is 0. The van der Waals surface area contributed by atoms with E-state index in [1.165, 1.54) is 37.3 Å². The second-order valence-electron chi connectivity index (χ2n) is 5.83. The van der Waals surface area contributed by atoms with Crippen molar-refractivity contribution in [1.82, 2.24) is 0 Å². The maximum atomic E-state index is 3.69. The highest BCUT2D eigenvalue weighted by atomic mass is 32.1. The van der Waals surface area contributed by atoms with Gasteiger partial charge < -0.3 is 5.32 Å². The van der Waals surface area contributed by atoms with Crippen molar-refractivity contribution in [1.29, 1.82) is 0 Å². The highest BCUT2D eigenvalue weighted by Crippen LogP contribution is 2.33. The zero-order valence-corrected chi connectivity index (χ0v) is 13.8. The molecule has 1 heterocycles. The molecule has 0 saturated heterocycles. The van der Waals surface area contributed by atoms with Crippen LogP contribution in [0.25, 0.3) is 10.1 Å². The van der Waals surface area contributed by atoms with Gasteiger partial charge in [0.15, 0.2) is 0 Å². The van der Waals surface area contributed by atoms with Crippen LogP contribution in [0.15, 0.2) is 42.5 Å². The Morgan fingerprint density at radius 1 is 0.952 bits per heavy atom. The number of rotatable bonds is 3. The zero-order chi connectivity index (χ0) is 15.0. The highest BCUT2D eigenvalue weighted by Gasteiger charge is 2.12. The molecule has 0 aliphatic heterocycles. The molecule has 0 spiro atoms. The van der Waals surface area contributed by atoms with Crippen LogP contribution < -0.4 is 5.32 Å². The van der Waals surface area contributed by atoms with Gasteiger partial charge in [0, 0.05) is 15.3 Å². The number of nitrogens with one attached hydrogen (secondary N) is 1. The molecule has 0 aliphatic rings. The lowest BCUT2D eigenvalue weighted by Gasteiger charge is -2.18. The van der Waals surface area contributed by atoms with Gasteiger partial charge in [0.25, 0.3) is 0 Å². The van der Waals surface area contributed by atoms with E-state index in [1.54, 1.807) is 0 Å². The fourth-order valence-corrected chi connectivity index (χ4v) is 3.98. The lowest BCUT2D eigenvalue weighted by molar-refractivity contribution is 0.903. The third-order valence-corrected chi connectivity index (χ3v) is 5.21.